The lowest BCUT2D eigenvalue weighted by molar-refractivity contribution is -0.192. The average molecular weight is 539 g/mol. The molecule has 0 saturated carbocycles. The van der Waals surface area contributed by atoms with Gasteiger partial charge in [-0.3, -0.25) is 9.71 Å². The van der Waals surface area contributed by atoms with Gasteiger partial charge in [-0.05, 0) is 29.7 Å². The molecule has 1 aliphatic rings. The summed E-state index contributed by atoms with van der Waals surface area (Å²) in [4.78, 5) is 19.4. The third kappa shape index (κ3) is 5.49. The first-order chi connectivity index (χ1) is 17.1. The fourth-order valence-corrected chi connectivity index (χ4v) is 5.20. The topological polar surface area (TPSA) is 122 Å². The van der Waals surface area contributed by atoms with Crippen molar-refractivity contribution in [1.29, 1.82) is 0 Å². The number of anilines is 3. The van der Waals surface area contributed by atoms with E-state index in [1.54, 1.807) is 36.0 Å². The monoisotopic (exact) mass is 538 g/mol. The first kappa shape index (κ1) is 25.2. The van der Waals surface area contributed by atoms with Crippen molar-refractivity contribution < 1.29 is 36.2 Å². The van der Waals surface area contributed by atoms with Crippen molar-refractivity contribution in [2.45, 2.75) is 11.1 Å². The van der Waals surface area contributed by atoms with Gasteiger partial charge in [0.1, 0.15) is 12.4 Å². The Balaban J connectivity index is 0.000000384. The third-order valence-electron chi connectivity index (χ3n) is 4.95. The minimum Gasteiger partial charge on any atom is -0.489 e. The van der Waals surface area contributed by atoms with E-state index in [-0.39, 0.29) is 4.90 Å². The molecule has 1 aliphatic heterocycles. The fraction of sp³-hybridized carbons (Fsp3) is 0.136. The minimum atomic E-state index is -5.08. The van der Waals surface area contributed by atoms with Crippen molar-refractivity contribution in [3.63, 3.8) is 0 Å². The second kappa shape index (κ2) is 9.99. The molecule has 0 unspecified atom stereocenters. The van der Waals surface area contributed by atoms with Crippen LogP contribution in [0.5, 0.6) is 5.75 Å². The van der Waals surface area contributed by atoms with Gasteiger partial charge in [0, 0.05) is 35.4 Å². The lowest BCUT2D eigenvalue weighted by atomic mass is 10.1. The number of rotatable bonds is 4. The Bertz CT molecular complexity index is 1490. The van der Waals surface area contributed by atoms with Gasteiger partial charge in [-0.15, -0.1) is 11.3 Å². The number of aromatic nitrogens is 2. The number of carbonyl (C=O) groups is 1. The number of carboxylic acids is 1. The van der Waals surface area contributed by atoms with Crippen LogP contribution in [0, 0.1) is 0 Å². The van der Waals surface area contributed by atoms with Crippen LogP contribution in [0.15, 0.2) is 71.3 Å². The molecule has 14 heteroatoms. The first-order valence-corrected chi connectivity index (χ1v) is 12.5. The van der Waals surface area contributed by atoms with Crippen molar-refractivity contribution in [1.82, 2.24) is 9.97 Å². The predicted octanol–water partition coefficient (Wildman–Crippen LogP) is 4.66. The van der Waals surface area contributed by atoms with E-state index in [0.717, 1.165) is 22.1 Å². The number of sulfonamides is 1. The minimum absolute atomic E-state index is 0.132. The maximum Gasteiger partial charge on any atom is 0.490 e. The van der Waals surface area contributed by atoms with Gasteiger partial charge in [-0.1, -0.05) is 12.1 Å². The molecule has 3 heterocycles. The Hall–Kier alpha value is -3.91. The molecule has 0 amide bonds. The molecule has 5 rings (SSSR count). The van der Waals surface area contributed by atoms with Crippen molar-refractivity contribution in [2.75, 3.05) is 22.8 Å². The molecule has 0 radical (unpaired) electrons. The molecule has 0 atom stereocenters. The van der Waals surface area contributed by atoms with Gasteiger partial charge >= 0.3 is 12.1 Å². The molecule has 0 fully saturated rings. The van der Waals surface area contributed by atoms with Gasteiger partial charge in [-0.2, -0.15) is 13.2 Å². The Morgan fingerprint density at radius 1 is 1.14 bits per heavy atom. The van der Waals surface area contributed by atoms with Gasteiger partial charge in [-0.25, -0.2) is 18.2 Å². The number of hydrogen-bond acceptors (Lipinski definition) is 8. The molecule has 0 aliphatic carbocycles. The summed E-state index contributed by atoms with van der Waals surface area (Å²) in [5, 5.41) is 11.3. The molecule has 0 spiro atoms. The molecule has 36 heavy (non-hydrogen) atoms. The van der Waals surface area contributed by atoms with Crippen LogP contribution in [0.4, 0.5) is 29.7 Å². The number of halogens is 3. The fourth-order valence-electron chi connectivity index (χ4n) is 3.40. The smallest absolute Gasteiger partial charge is 0.489 e. The Morgan fingerprint density at radius 2 is 1.92 bits per heavy atom. The average Bonchev–Trinajstić information content (AvgIpc) is 3.35. The number of carboxylic acid groups (broad SMARTS) is 1. The van der Waals surface area contributed by atoms with Crippen LogP contribution in [-0.4, -0.2) is 48.8 Å². The molecule has 2 aromatic carbocycles. The number of fused-ring (bicyclic) bond motifs is 2. The van der Waals surface area contributed by atoms with E-state index in [1.165, 1.54) is 11.3 Å². The van der Waals surface area contributed by atoms with Crippen LogP contribution in [0.1, 0.15) is 0 Å². The number of benzene rings is 2. The second-order valence-corrected chi connectivity index (χ2v) is 9.83. The molecule has 0 bridgehead atoms. The number of ether oxygens (including phenoxy) is 1. The zero-order valence-corrected chi connectivity index (χ0v) is 19.8. The quantitative estimate of drug-likeness (QED) is 0.385. The van der Waals surface area contributed by atoms with E-state index in [2.05, 4.69) is 19.6 Å². The summed E-state index contributed by atoms with van der Waals surface area (Å²) in [5.74, 6) is -2.23. The highest BCUT2D eigenvalue weighted by Gasteiger charge is 2.38. The first-order valence-electron chi connectivity index (χ1n) is 10.2. The number of aliphatic carboxylic acids is 1. The Morgan fingerprint density at radius 3 is 2.61 bits per heavy atom. The normalized spacial score (nSPS) is 13.2. The number of pyridine rings is 1. The Kier molecular flexibility index (Phi) is 6.99. The van der Waals surface area contributed by atoms with Crippen molar-refractivity contribution >= 4 is 54.6 Å². The predicted molar refractivity (Wildman–Crippen MR) is 127 cm³/mol. The van der Waals surface area contributed by atoms with E-state index in [0.29, 0.717) is 24.0 Å². The van der Waals surface area contributed by atoms with Crippen LogP contribution >= 0.6 is 11.3 Å². The largest absolute Gasteiger partial charge is 0.490 e. The molecule has 188 valence electrons. The highest BCUT2D eigenvalue weighted by molar-refractivity contribution is 7.93. The highest BCUT2D eigenvalue weighted by atomic mass is 32.2. The standard InChI is InChI=1S/C20H16N4O3S2.C2HF3O2/c25-29(26,23-20-22-8-11-28-20)15-4-5-18-19(12-15)27-10-9-24(18)17-3-1-2-14-6-7-21-13-16(14)17;3-2(4,5)1(6)7/h1-8,11-13H,9-10H2,(H,22,23);(H,6,7). The molecular weight excluding hydrogens is 521 g/mol. The lowest BCUT2D eigenvalue weighted by Crippen LogP contribution is -2.29. The molecule has 2 aromatic heterocycles. The van der Waals surface area contributed by atoms with Crippen molar-refractivity contribution in [2.24, 2.45) is 0 Å². The van der Waals surface area contributed by atoms with Gasteiger partial charge in [0.25, 0.3) is 10.0 Å². The van der Waals surface area contributed by atoms with Crippen LogP contribution in [0.25, 0.3) is 10.8 Å². The van der Waals surface area contributed by atoms with E-state index in [9.17, 15) is 21.6 Å². The number of thiazole rings is 1. The molecule has 2 N–H and O–H groups in total. The van der Waals surface area contributed by atoms with Crippen LogP contribution in [-0.2, 0) is 14.8 Å². The maximum atomic E-state index is 12.7. The van der Waals surface area contributed by atoms with Gasteiger partial charge in [0.15, 0.2) is 5.13 Å². The summed E-state index contributed by atoms with van der Waals surface area (Å²) in [6.07, 6.45) is 0.0813. The van der Waals surface area contributed by atoms with Crippen LogP contribution in [0.2, 0.25) is 0 Å². The van der Waals surface area contributed by atoms with Crippen molar-refractivity contribution in [3.05, 3.63) is 66.4 Å². The number of alkyl halides is 3. The zero-order chi connectivity index (χ0) is 25.9. The van der Waals surface area contributed by atoms with E-state index >= 15 is 0 Å². The summed E-state index contributed by atoms with van der Waals surface area (Å²) < 4.78 is 65.4. The second-order valence-electron chi connectivity index (χ2n) is 7.25. The number of nitrogens with zero attached hydrogens (tertiary/aromatic N) is 3. The van der Waals surface area contributed by atoms with Gasteiger partial charge < -0.3 is 14.7 Å². The van der Waals surface area contributed by atoms with Gasteiger partial charge in [0.2, 0.25) is 0 Å². The number of hydrogen-bond donors (Lipinski definition) is 2. The summed E-state index contributed by atoms with van der Waals surface area (Å²) in [7, 11) is -3.74. The molecular formula is C22H17F3N4O5S2. The summed E-state index contributed by atoms with van der Waals surface area (Å²) >= 11 is 1.23. The summed E-state index contributed by atoms with van der Waals surface area (Å²) in [6, 6.07) is 13.0. The molecule has 9 nitrogen and oxygen atoms in total. The van der Waals surface area contributed by atoms with Crippen LogP contribution in [0.3, 0.4) is 0 Å². The summed E-state index contributed by atoms with van der Waals surface area (Å²) in [6.45, 7) is 1.11. The maximum absolute atomic E-state index is 12.7. The lowest BCUT2D eigenvalue weighted by Gasteiger charge is -2.32. The SMILES string of the molecule is O=C(O)C(F)(F)F.O=S(=O)(Nc1nccs1)c1ccc2c(c1)OCCN2c1cccc2ccncc12. The van der Waals surface area contributed by atoms with E-state index in [1.807, 2.05) is 30.5 Å². The Labute approximate surface area is 206 Å². The molecule has 0 saturated heterocycles. The molecule has 4 aromatic rings. The van der Waals surface area contributed by atoms with E-state index < -0.39 is 22.2 Å². The highest BCUT2D eigenvalue weighted by Crippen LogP contribution is 2.40. The van der Waals surface area contributed by atoms with Crippen LogP contribution < -0.4 is 14.4 Å². The van der Waals surface area contributed by atoms with E-state index in [4.69, 9.17) is 14.6 Å². The van der Waals surface area contributed by atoms with Gasteiger partial charge in [0.05, 0.1) is 22.8 Å². The number of nitrogens with one attached hydrogen (secondary N) is 1. The third-order valence-corrected chi connectivity index (χ3v) is 7.11. The summed E-state index contributed by atoms with van der Waals surface area (Å²) in [5.41, 5.74) is 1.83. The van der Waals surface area contributed by atoms with Crippen molar-refractivity contribution in [3.8, 4) is 5.75 Å². The zero-order valence-electron chi connectivity index (χ0n) is 18.1.